The highest BCUT2D eigenvalue weighted by molar-refractivity contribution is 5.87. The number of piperidine rings is 1. The molecule has 0 bridgehead atoms. The molecular formula is C17H31N3O2. The minimum atomic E-state index is -0.339. The molecule has 1 aliphatic heterocycles. The van der Waals surface area contributed by atoms with E-state index in [2.05, 4.69) is 22.5 Å². The van der Waals surface area contributed by atoms with Crippen LogP contribution in [-0.4, -0.2) is 48.4 Å². The standard InChI is InChI=1S/C17H31N3O2/c1-3-10-20-11-8-15(9-12-20)19-17(22)16(18-13(2)21)14-6-4-5-7-14/h14-16H,3-12H2,1-2H3,(H,18,21)(H,19,22)/t16-/m0/s1. The Kier molecular flexibility index (Phi) is 6.68. The van der Waals surface area contributed by atoms with Gasteiger partial charge in [0.25, 0.3) is 0 Å². The average Bonchev–Trinajstić information content (AvgIpc) is 3.01. The van der Waals surface area contributed by atoms with Crippen molar-refractivity contribution < 1.29 is 9.59 Å². The van der Waals surface area contributed by atoms with Crippen molar-refractivity contribution in [2.45, 2.75) is 70.9 Å². The third kappa shape index (κ3) is 4.97. The summed E-state index contributed by atoms with van der Waals surface area (Å²) in [7, 11) is 0. The van der Waals surface area contributed by atoms with Crippen molar-refractivity contribution in [2.24, 2.45) is 5.92 Å². The Morgan fingerprint density at radius 1 is 1.14 bits per heavy atom. The Hall–Kier alpha value is -1.10. The number of nitrogens with one attached hydrogen (secondary N) is 2. The van der Waals surface area contributed by atoms with Crippen molar-refractivity contribution in [3.05, 3.63) is 0 Å². The molecule has 22 heavy (non-hydrogen) atoms. The highest BCUT2D eigenvalue weighted by Gasteiger charge is 2.32. The number of hydrogen-bond donors (Lipinski definition) is 2. The molecule has 1 saturated heterocycles. The molecule has 0 aromatic rings. The predicted molar refractivity (Wildman–Crippen MR) is 87.5 cm³/mol. The fourth-order valence-corrected chi connectivity index (χ4v) is 3.82. The number of carbonyl (C=O) groups excluding carboxylic acids is 2. The van der Waals surface area contributed by atoms with Crippen LogP contribution in [0.15, 0.2) is 0 Å². The molecule has 0 aromatic heterocycles. The van der Waals surface area contributed by atoms with Crippen molar-refractivity contribution in [3.63, 3.8) is 0 Å². The van der Waals surface area contributed by atoms with Crippen molar-refractivity contribution in [2.75, 3.05) is 19.6 Å². The van der Waals surface area contributed by atoms with Crippen LogP contribution in [0.2, 0.25) is 0 Å². The van der Waals surface area contributed by atoms with E-state index in [1.165, 1.54) is 26.2 Å². The topological polar surface area (TPSA) is 61.4 Å². The lowest BCUT2D eigenvalue weighted by Crippen LogP contribution is -2.54. The molecule has 0 spiro atoms. The zero-order valence-electron chi connectivity index (χ0n) is 14.1. The van der Waals surface area contributed by atoms with E-state index in [4.69, 9.17) is 0 Å². The molecule has 2 aliphatic rings. The van der Waals surface area contributed by atoms with Crippen LogP contribution in [0.5, 0.6) is 0 Å². The SMILES string of the molecule is CCCN1CCC(NC(=O)[C@@H](NC(C)=O)C2CCCC2)CC1. The van der Waals surface area contributed by atoms with E-state index in [1.54, 1.807) is 0 Å². The van der Waals surface area contributed by atoms with Gasteiger partial charge in [0, 0.05) is 26.1 Å². The zero-order chi connectivity index (χ0) is 15.9. The number of carbonyl (C=O) groups is 2. The molecule has 0 aromatic carbocycles. The van der Waals surface area contributed by atoms with Crippen LogP contribution in [-0.2, 0) is 9.59 Å². The molecule has 2 N–H and O–H groups in total. The summed E-state index contributed by atoms with van der Waals surface area (Å²) in [6.07, 6.45) is 7.66. The van der Waals surface area contributed by atoms with Crippen LogP contribution in [0.1, 0.15) is 58.8 Å². The molecule has 0 unspecified atom stereocenters. The van der Waals surface area contributed by atoms with Crippen LogP contribution in [0.4, 0.5) is 0 Å². The molecule has 1 atom stereocenters. The first-order valence-corrected chi connectivity index (χ1v) is 8.90. The summed E-state index contributed by atoms with van der Waals surface area (Å²) in [5, 5.41) is 6.06. The van der Waals surface area contributed by atoms with Gasteiger partial charge in [-0.2, -0.15) is 0 Å². The Bertz CT molecular complexity index is 372. The van der Waals surface area contributed by atoms with E-state index >= 15 is 0 Å². The lowest BCUT2D eigenvalue weighted by Gasteiger charge is -2.33. The van der Waals surface area contributed by atoms with E-state index in [0.717, 1.165) is 45.3 Å². The lowest BCUT2D eigenvalue weighted by molar-refractivity contribution is -0.130. The third-order valence-electron chi connectivity index (χ3n) is 4.99. The van der Waals surface area contributed by atoms with E-state index in [0.29, 0.717) is 5.92 Å². The van der Waals surface area contributed by atoms with Crippen LogP contribution in [0, 0.1) is 5.92 Å². The van der Waals surface area contributed by atoms with Crippen molar-refractivity contribution in [3.8, 4) is 0 Å². The summed E-state index contributed by atoms with van der Waals surface area (Å²) >= 11 is 0. The smallest absolute Gasteiger partial charge is 0.243 e. The first-order valence-electron chi connectivity index (χ1n) is 8.90. The largest absolute Gasteiger partial charge is 0.351 e. The molecule has 2 amide bonds. The molecular weight excluding hydrogens is 278 g/mol. The van der Waals surface area contributed by atoms with Gasteiger partial charge in [-0.3, -0.25) is 9.59 Å². The molecule has 5 nitrogen and oxygen atoms in total. The maximum Gasteiger partial charge on any atom is 0.243 e. The van der Waals surface area contributed by atoms with Gasteiger partial charge < -0.3 is 15.5 Å². The highest BCUT2D eigenvalue weighted by Crippen LogP contribution is 2.28. The Balaban J connectivity index is 1.84. The number of nitrogens with zero attached hydrogens (tertiary/aromatic N) is 1. The molecule has 2 fully saturated rings. The highest BCUT2D eigenvalue weighted by atomic mass is 16.2. The van der Waals surface area contributed by atoms with Crippen molar-refractivity contribution in [1.82, 2.24) is 15.5 Å². The van der Waals surface area contributed by atoms with Crippen LogP contribution in [0.25, 0.3) is 0 Å². The van der Waals surface area contributed by atoms with Crippen LogP contribution in [0.3, 0.4) is 0 Å². The van der Waals surface area contributed by atoms with Gasteiger partial charge in [0.05, 0.1) is 0 Å². The molecule has 2 rings (SSSR count). The van der Waals surface area contributed by atoms with E-state index in [9.17, 15) is 9.59 Å². The molecule has 5 heteroatoms. The molecule has 1 aliphatic carbocycles. The van der Waals surface area contributed by atoms with Gasteiger partial charge in [-0.25, -0.2) is 0 Å². The minimum absolute atomic E-state index is 0.0241. The second-order valence-electron chi connectivity index (χ2n) is 6.85. The van der Waals surface area contributed by atoms with Gasteiger partial charge in [-0.05, 0) is 44.6 Å². The maximum atomic E-state index is 12.6. The van der Waals surface area contributed by atoms with Crippen molar-refractivity contribution in [1.29, 1.82) is 0 Å². The fraction of sp³-hybridized carbons (Fsp3) is 0.882. The summed E-state index contributed by atoms with van der Waals surface area (Å²) < 4.78 is 0. The monoisotopic (exact) mass is 309 g/mol. The summed E-state index contributed by atoms with van der Waals surface area (Å²) in [5.74, 6) is 0.227. The molecule has 1 heterocycles. The summed E-state index contributed by atoms with van der Waals surface area (Å²) in [5.41, 5.74) is 0. The molecule has 126 valence electrons. The van der Waals surface area contributed by atoms with Gasteiger partial charge >= 0.3 is 0 Å². The predicted octanol–water partition coefficient (Wildman–Crippen LogP) is 1.67. The zero-order valence-corrected chi connectivity index (χ0v) is 14.1. The van der Waals surface area contributed by atoms with Crippen molar-refractivity contribution >= 4 is 11.8 Å². The number of amides is 2. The summed E-state index contributed by atoms with van der Waals surface area (Å²) in [4.78, 5) is 26.5. The van der Waals surface area contributed by atoms with Crippen LogP contribution < -0.4 is 10.6 Å². The molecule has 0 radical (unpaired) electrons. The summed E-state index contributed by atoms with van der Waals surface area (Å²) in [6.45, 7) is 6.98. The number of likely N-dealkylation sites (tertiary alicyclic amines) is 1. The van der Waals surface area contributed by atoms with Gasteiger partial charge in [-0.1, -0.05) is 19.8 Å². The Morgan fingerprint density at radius 3 is 2.32 bits per heavy atom. The second-order valence-corrected chi connectivity index (χ2v) is 6.85. The second kappa shape index (κ2) is 8.51. The quantitative estimate of drug-likeness (QED) is 0.784. The van der Waals surface area contributed by atoms with Gasteiger partial charge in [-0.15, -0.1) is 0 Å². The number of hydrogen-bond acceptors (Lipinski definition) is 3. The van der Waals surface area contributed by atoms with Gasteiger partial charge in [0.15, 0.2) is 0 Å². The van der Waals surface area contributed by atoms with Crippen LogP contribution >= 0.6 is 0 Å². The van der Waals surface area contributed by atoms with Gasteiger partial charge in [0.1, 0.15) is 6.04 Å². The Labute approximate surface area is 134 Å². The minimum Gasteiger partial charge on any atom is -0.351 e. The van der Waals surface area contributed by atoms with E-state index in [1.807, 2.05) is 0 Å². The third-order valence-corrected chi connectivity index (χ3v) is 4.99. The number of rotatable bonds is 6. The average molecular weight is 309 g/mol. The maximum absolute atomic E-state index is 12.6. The van der Waals surface area contributed by atoms with Gasteiger partial charge in [0.2, 0.25) is 11.8 Å². The van der Waals surface area contributed by atoms with E-state index in [-0.39, 0.29) is 23.9 Å². The van der Waals surface area contributed by atoms with E-state index < -0.39 is 0 Å². The molecule has 1 saturated carbocycles. The summed E-state index contributed by atoms with van der Waals surface area (Å²) in [6, 6.07) is -0.0769. The fourth-order valence-electron chi connectivity index (χ4n) is 3.82. The lowest BCUT2D eigenvalue weighted by atomic mass is 9.96. The Morgan fingerprint density at radius 2 is 1.77 bits per heavy atom. The first-order chi connectivity index (χ1) is 10.6. The first kappa shape index (κ1) is 17.3. The normalized spacial score (nSPS) is 22.5.